The third kappa shape index (κ3) is 6.30. The van der Waals surface area contributed by atoms with Crippen LogP contribution in [0.25, 0.3) is 0 Å². The molecule has 0 saturated carbocycles. The highest BCUT2D eigenvalue weighted by Crippen LogP contribution is 2.17. The summed E-state index contributed by atoms with van der Waals surface area (Å²) < 4.78 is 10.9. The molecule has 2 aromatic rings. The van der Waals surface area contributed by atoms with Gasteiger partial charge in [-0.2, -0.15) is 0 Å². The molecule has 1 atom stereocenters. The Kier molecular flexibility index (Phi) is 7.87. The summed E-state index contributed by atoms with van der Waals surface area (Å²) in [6.45, 7) is 5.63. The fraction of sp³-hybridized carbons (Fsp3) is 0.364. The molecule has 6 heteroatoms. The zero-order chi connectivity index (χ0) is 20.5. The standard InChI is InChI=1S/C22H28N2O4/c1-16(2)23-22(26)17(3)24(14-18-9-8-12-20(13-18)27-4)21(25)15-28-19-10-6-5-7-11-19/h5-13,16-17H,14-15H2,1-4H3,(H,23,26). The van der Waals surface area contributed by atoms with Crippen molar-refractivity contribution < 1.29 is 19.1 Å². The van der Waals surface area contributed by atoms with Crippen LogP contribution in [0.2, 0.25) is 0 Å². The molecule has 2 amide bonds. The molecule has 0 saturated heterocycles. The molecule has 1 N–H and O–H groups in total. The van der Waals surface area contributed by atoms with Gasteiger partial charge in [-0.1, -0.05) is 30.3 Å². The van der Waals surface area contributed by atoms with Gasteiger partial charge < -0.3 is 19.7 Å². The zero-order valence-corrected chi connectivity index (χ0v) is 16.8. The predicted octanol–water partition coefficient (Wildman–Crippen LogP) is 3.02. The maximum atomic E-state index is 12.9. The maximum absolute atomic E-state index is 12.9. The number of carbonyl (C=O) groups excluding carboxylic acids is 2. The number of methoxy groups -OCH3 is 1. The molecule has 150 valence electrons. The summed E-state index contributed by atoms with van der Waals surface area (Å²) in [6.07, 6.45) is 0. The minimum absolute atomic E-state index is 0.00992. The Morgan fingerprint density at radius 2 is 1.68 bits per heavy atom. The van der Waals surface area contributed by atoms with Crippen molar-refractivity contribution in [1.29, 1.82) is 0 Å². The number of rotatable bonds is 9. The van der Waals surface area contributed by atoms with Crippen LogP contribution in [-0.2, 0) is 16.1 Å². The predicted molar refractivity (Wildman–Crippen MR) is 108 cm³/mol. The molecule has 2 rings (SSSR count). The molecule has 2 aromatic carbocycles. The second kappa shape index (κ2) is 10.3. The van der Waals surface area contributed by atoms with E-state index < -0.39 is 6.04 Å². The molecular weight excluding hydrogens is 356 g/mol. The first-order valence-electron chi connectivity index (χ1n) is 9.31. The third-order valence-corrected chi connectivity index (χ3v) is 4.19. The molecule has 6 nitrogen and oxygen atoms in total. The van der Waals surface area contributed by atoms with Crippen LogP contribution in [0.3, 0.4) is 0 Å². The molecule has 0 aliphatic heterocycles. The highest BCUT2D eigenvalue weighted by atomic mass is 16.5. The zero-order valence-electron chi connectivity index (χ0n) is 16.8. The topological polar surface area (TPSA) is 67.9 Å². The average molecular weight is 384 g/mol. The summed E-state index contributed by atoms with van der Waals surface area (Å²) in [6, 6.07) is 15.9. The van der Waals surface area contributed by atoms with E-state index in [1.165, 1.54) is 4.90 Å². The van der Waals surface area contributed by atoms with E-state index in [1.807, 2.05) is 56.3 Å². The molecule has 1 unspecified atom stereocenters. The number of benzene rings is 2. The third-order valence-electron chi connectivity index (χ3n) is 4.19. The minimum atomic E-state index is -0.638. The first-order chi connectivity index (χ1) is 13.4. The summed E-state index contributed by atoms with van der Waals surface area (Å²) in [5.74, 6) is 0.838. The molecule has 0 heterocycles. The van der Waals surface area contributed by atoms with Crippen molar-refractivity contribution in [2.45, 2.75) is 39.4 Å². The van der Waals surface area contributed by atoms with Gasteiger partial charge in [-0.3, -0.25) is 9.59 Å². The van der Waals surface area contributed by atoms with Gasteiger partial charge in [-0.25, -0.2) is 0 Å². The van der Waals surface area contributed by atoms with Crippen molar-refractivity contribution in [2.24, 2.45) is 0 Å². The fourth-order valence-corrected chi connectivity index (χ4v) is 2.70. The smallest absolute Gasteiger partial charge is 0.261 e. The highest BCUT2D eigenvalue weighted by Gasteiger charge is 2.27. The van der Waals surface area contributed by atoms with Crippen LogP contribution in [0, 0.1) is 0 Å². The quantitative estimate of drug-likeness (QED) is 0.722. The van der Waals surface area contributed by atoms with Crippen LogP contribution in [0.15, 0.2) is 54.6 Å². The van der Waals surface area contributed by atoms with E-state index in [2.05, 4.69) is 5.32 Å². The van der Waals surface area contributed by atoms with Gasteiger partial charge in [0.1, 0.15) is 17.5 Å². The van der Waals surface area contributed by atoms with Crippen LogP contribution in [0.5, 0.6) is 11.5 Å². The minimum Gasteiger partial charge on any atom is -0.497 e. The monoisotopic (exact) mass is 384 g/mol. The molecule has 0 aliphatic carbocycles. The summed E-state index contributed by atoms with van der Waals surface area (Å²) in [7, 11) is 1.59. The van der Waals surface area contributed by atoms with E-state index in [4.69, 9.17) is 9.47 Å². The van der Waals surface area contributed by atoms with Crippen LogP contribution in [0.1, 0.15) is 26.3 Å². The van der Waals surface area contributed by atoms with Gasteiger partial charge in [0.25, 0.3) is 5.91 Å². The Labute approximate surface area is 166 Å². The molecule has 0 aromatic heterocycles. The van der Waals surface area contributed by atoms with Crippen molar-refractivity contribution >= 4 is 11.8 Å². The van der Waals surface area contributed by atoms with Gasteiger partial charge in [-0.15, -0.1) is 0 Å². The summed E-state index contributed by atoms with van der Waals surface area (Å²) in [4.78, 5) is 26.9. The highest BCUT2D eigenvalue weighted by molar-refractivity contribution is 5.88. The number of para-hydroxylation sites is 1. The lowest BCUT2D eigenvalue weighted by atomic mass is 10.1. The number of carbonyl (C=O) groups is 2. The van der Waals surface area contributed by atoms with Gasteiger partial charge in [0.2, 0.25) is 5.91 Å². The molecule has 0 bridgehead atoms. The van der Waals surface area contributed by atoms with E-state index in [0.29, 0.717) is 11.5 Å². The summed E-state index contributed by atoms with van der Waals surface area (Å²) in [5, 5.41) is 2.86. The second-order valence-electron chi connectivity index (χ2n) is 6.81. The molecule has 28 heavy (non-hydrogen) atoms. The first-order valence-corrected chi connectivity index (χ1v) is 9.31. The van der Waals surface area contributed by atoms with E-state index in [-0.39, 0.29) is 31.0 Å². The van der Waals surface area contributed by atoms with E-state index >= 15 is 0 Å². The van der Waals surface area contributed by atoms with Gasteiger partial charge in [0.05, 0.1) is 7.11 Å². The Morgan fingerprint density at radius 1 is 1.00 bits per heavy atom. The maximum Gasteiger partial charge on any atom is 0.261 e. The first kappa shape index (κ1) is 21.3. The van der Waals surface area contributed by atoms with Crippen LogP contribution >= 0.6 is 0 Å². The van der Waals surface area contributed by atoms with Gasteiger partial charge in [-0.05, 0) is 50.6 Å². The van der Waals surface area contributed by atoms with Crippen molar-refractivity contribution in [1.82, 2.24) is 10.2 Å². The SMILES string of the molecule is COc1cccc(CN(C(=O)COc2ccccc2)C(C)C(=O)NC(C)C)c1. The number of amides is 2. The van der Waals surface area contributed by atoms with Crippen molar-refractivity contribution in [3.05, 3.63) is 60.2 Å². The van der Waals surface area contributed by atoms with Gasteiger partial charge in [0.15, 0.2) is 6.61 Å². The van der Waals surface area contributed by atoms with Crippen LogP contribution in [-0.4, -0.2) is 42.5 Å². The number of hydrogen-bond donors (Lipinski definition) is 1. The molecule has 0 fully saturated rings. The van der Waals surface area contributed by atoms with Crippen molar-refractivity contribution in [2.75, 3.05) is 13.7 Å². The van der Waals surface area contributed by atoms with E-state index in [1.54, 1.807) is 26.2 Å². The van der Waals surface area contributed by atoms with Gasteiger partial charge in [0, 0.05) is 12.6 Å². The van der Waals surface area contributed by atoms with E-state index in [0.717, 1.165) is 5.56 Å². The van der Waals surface area contributed by atoms with Crippen molar-refractivity contribution in [3.63, 3.8) is 0 Å². The van der Waals surface area contributed by atoms with Crippen molar-refractivity contribution in [3.8, 4) is 11.5 Å². The lowest BCUT2D eigenvalue weighted by molar-refractivity contribution is -0.142. The fourth-order valence-electron chi connectivity index (χ4n) is 2.70. The largest absolute Gasteiger partial charge is 0.497 e. The van der Waals surface area contributed by atoms with Crippen LogP contribution < -0.4 is 14.8 Å². The summed E-state index contributed by atoms with van der Waals surface area (Å²) >= 11 is 0. The lowest BCUT2D eigenvalue weighted by Gasteiger charge is -2.29. The molecule has 0 radical (unpaired) electrons. The average Bonchev–Trinajstić information content (AvgIpc) is 2.70. The molecule has 0 aliphatic rings. The lowest BCUT2D eigenvalue weighted by Crippen LogP contribution is -2.50. The van der Waals surface area contributed by atoms with Crippen LogP contribution in [0.4, 0.5) is 0 Å². The normalized spacial score (nSPS) is 11.6. The number of nitrogens with one attached hydrogen (secondary N) is 1. The molecular formula is C22H28N2O4. The summed E-state index contributed by atoms with van der Waals surface area (Å²) in [5.41, 5.74) is 0.872. The van der Waals surface area contributed by atoms with E-state index in [9.17, 15) is 9.59 Å². The Bertz CT molecular complexity index is 777. The Hall–Kier alpha value is -3.02. The molecule has 0 spiro atoms. The number of nitrogens with zero attached hydrogens (tertiary/aromatic N) is 1. The Morgan fingerprint density at radius 3 is 2.32 bits per heavy atom. The number of ether oxygens (including phenoxy) is 2. The van der Waals surface area contributed by atoms with Gasteiger partial charge >= 0.3 is 0 Å². The Balaban J connectivity index is 2.16. The second-order valence-corrected chi connectivity index (χ2v) is 6.81. The number of hydrogen-bond acceptors (Lipinski definition) is 4.